The summed E-state index contributed by atoms with van der Waals surface area (Å²) in [6.07, 6.45) is 4.30. The fourth-order valence-electron chi connectivity index (χ4n) is 1.20. The maximum absolute atomic E-state index is 10.8. The van der Waals surface area contributed by atoms with Gasteiger partial charge in [-0.1, -0.05) is 18.2 Å². The Morgan fingerprint density at radius 3 is 2.81 bits per heavy atom. The smallest absolute Gasteiger partial charge is 0.172 e. The van der Waals surface area contributed by atoms with Gasteiger partial charge in [0, 0.05) is 5.88 Å². The van der Waals surface area contributed by atoms with Gasteiger partial charge < -0.3 is 9.47 Å². The number of alkyl halides is 1. The maximum atomic E-state index is 10.8. The summed E-state index contributed by atoms with van der Waals surface area (Å²) in [6, 6.07) is 5.16. The molecule has 0 aliphatic rings. The van der Waals surface area contributed by atoms with Gasteiger partial charge in [-0.05, 0) is 12.1 Å². The van der Waals surface area contributed by atoms with E-state index in [1.807, 2.05) is 0 Å². The van der Waals surface area contributed by atoms with Crippen molar-refractivity contribution in [2.45, 2.75) is 0 Å². The number of methoxy groups -OCH3 is 1. The van der Waals surface area contributed by atoms with Crippen LogP contribution in [0.4, 0.5) is 0 Å². The van der Waals surface area contributed by atoms with Crippen LogP contribution in [0.1, 0.15) is 10.4 Å². The molecule has 0 atom stereocenters. The molecule has 0 radical (unpaired) electrons. The minimum Gasteiger partial charge on any atom is -0.493 e. The molecule has 4 heteroatoms. The van der Waals surface area contributed by atoms with Gasteiger partial charge in [0.2, 0.25) is 0 Å². The fraction of sp³-hybridized carbons (Fsp3) is 0.250. The Hall–Kier alpha value is -1.48. The number of rotatable bonds is 6. The topological polar surface area (TPSA) is 35.5 Å². The van der Waals surface area contributed by atoms with E-state index >= 15 is 0 Å². The highest BCUT2D eigenvalue weighted by atomic mass is 35.5. The first-order chi connectivity index (χ1) is 7.83. The van der Waals surface area contributed by atoms with Crippen molar-refractivity contribution in [1.29, 1.82) is 0 Å². The van der Waals surface area contributed by atoms with E-state index in [4.69, 9.17) is 21.1 Å². The van der Waals surface area contributed by atoms with Crippen molar-refractivity contribution in [3.05, 3.63) is 35.9 Å². The first kappa shape index (κ1) is 12.6. The maximum Gasteiger partial charge on any atom is 0.172 e. The number of hydrogen-bond acceptors (Lipinski definition) is 3. The van der Waals surface area contributed by atoms with E-state index in [0.29, 0.717) is 29.5 Å². The largest absolute Gasteiger partial charge is 0.493 e. The quantitative estimate of drug-likeness (QED) is 0.436. The lowest BCUT2D eigenvalue weighted by molar-refractivity contribution is 0.111. The van der Waals surface area contributed by atoms with Gasteiger partial charge in [0.15, 0.2) is 17.8 Å². The van der Waals surface area contributed by atoms with Gasteiger partial charge in [-0.15, -0.1) is 11.6 Å². The molecule has 3 nitrogen and oxygen atoms in total. The molecule has 1 aromatic rings. The lowest BCUT2D eigenvalue weighted by atomic mass is 10.2. The molecule has 0 unspecified atom stereocenters. The number of para-hydroxylation sites is 1. The number of aldehydes is 1. The van der Waals surface area contributed by atoms with Gasteiger partial charge in [0.05, 0.1) is 12.7 Å². The highest BCUT2D eigenvalue weighted by Gasteiger charge is 2.08. The van der Waals surface area contributed by atoms with Crippen LogP contribution in [0.3, 0.4) is 0 Å². The predicted octanol–water partition coefficient (Wildman–Crippen LogP) is 2.68. The van der Waals surface area contributed by atoms with E-state index in [-0.39, 0.29) is 0 Å². The van der Waals surface area contributed by atoms with Crippen molar-refractivity contribution in [2.75, 3.05) is 19.6 Å². The number of allylic oxidation sites excluding steroid dienone is 1. The molecule has 0 heterocycles. The average Bonchev–Trinajstić information content (AvgIpc) is 2.34. The molecular formula is C12H13ClO3. The normalized spacial score (nSPS) is 10.4. The molecule has 0 aliphatic carbocycles. The summed E-state index contributed by atoms with van der Waals surface area (Å²) in [4.78, 5) is 10.8. The van der Waals surface area contributed by atoms with Gasteiger partial charge in [0.25, 0.3) is 0 Å². The van der Waals surface area contributed by atoms with E-state index in [2.05, 4.69) is 0 Å². The molecule has 86 valence electrons. The van der Waals surface area contributed by atoms with Crippen molar-refractivity contribution in [3.63, 3.8) is 0 Å². The van der Waals surface area contributed by atoms with Crippen LogP contribution in [0.25, 0.3) is 0 Å². The Morgan fingerprint density at radius 1 is 1.38 bits per heavy atom. The molecular weight excluding hydrogens is 228 g/mol. The number of hydrogen-bond donors (Lipinski definition) is 0. The minimum absolute atomic E-state index is 0.355. The molecule has 0 fully saturated rings. The average molecular weight is 241 g/mol. The molecule has 1 aromatic carbocycles. The van der Waals surface area contributed by atoms with Gasteiger partial charge >= 0.3 is 0 Å². The second kappa shape index (κ2) is 6.90. The van der Waals surface area contributed by atoms with Crippen LogP contribution < -0.4 is 9.47 Å². The predicted molar refractivity (Wildman–Crippen MR) is 63.7 cm³/mol. The van der Waals surface area contributed by atoms with Gasteiger partial charge in [-0.3, -0.25) is 4.79 Å². The molecule has 0 aromatic heterocycles. The van der Waals surface area contributed by atoms with Crippen LogP contribution in [0.2, 0.25) is 0 Å². The van der Waals surface area contributed by atoms with Crippen LogP contribution in [0.15, 0.2) is 30.4 Å². The molecule has 0 aliphatic heterocycles. The Kier molecular flexibility index (Phi) is 5.43. The second-order valence-corrected chi connectivity index (χ2v) is 3.24. The number of benzene rings is 1. The van der Waals surface area contributed by atoms with Gasteiger partial charge in [0.1, 0.15) is 6.61 Å². The van der Waals surface area contributed by atoms with Crippen molar-refractivity contribution >= 4 is 17.9 Å². The first-order valence-electron chi connectivity index (χ1n) is 4.79. The summed E-state index contributed by atoms with van der Waals surface area (Å²) in [6.45, 7) is 0.355. The van der Waals surface area contributed by atoms with Gasteiger partial charge in [-0.25, -0.2) is 0 Å². The molecule has 0 amide bonds. The van der Waals surface area contributed by atoms with Crippen LogP contribution >= 0.6 is 11.6 Å². The molecule has 0 saturated heterocycles. The molecule has 1 rings (SSSR count). The molecule has 0 spiro atoms. The zero-order chi connectivity index (χ0) is 11.8. The monoisotopic (exact) mass is 240 g/mol. The molecule has 16 heavy (non-hydrogen) atoms. The van der Waals surface area contributed by atoms with E-state index in [0.717, 1.165) is 6.29 Å². The summed E-state index contributed by atoms with van der Waals surface area (Å²) in [5.74, 6) is 1.44. The zero-order valence-corrected chi connectivity index (χ0v) is 9.74. The Bertz CT molecular complexity index is 375. The highest BCUT2D eigenvalue weighted by molar-refractivity contribution is 6.18. The van der Waals surface area contributed by atoms with Crippen molar-refractivity contribution in [3.8, 4) is 11.5 Å². The number of carbonyl (C=O) groups excluding carboxylic acids is 1. The third kappa shape index (κ3) is 3.28. The van der Waals surface area contributed by atoms with E-state index in [1.165, 1.54) is 7.11 Å². The van der Waals surface area contributed by atoms with Crippen molar-refractivity contribution in [1.82, 2.24) is 0 Å². The Labute approximate surface area is 99.6 Å². The van der Waals surface area contributed by atoms with Crippen LogP contribution in [0.5, 0.6) is 11.5 Å². The Morgan fingerprint density at radius 2 is 2.19 bits per heavy atom. The van der Waals surface area contributed by atoms with Crippen LogP contribution in [-0.2, 0) is 0 Å². The SMILES string of the molecule is COc1cccc(C=O)c1OCC=CCCl. The molecule has 0 saturated carbocycles. The zero-order valence-electron chi connectivity index (χ0n) is 8.98. The molecule has 0 bridgehead atoms. The number of carbonyl (C=O) groups is 1. The first-order valence-corrected chi connectivity index (χ1v) is 5.33. The van der Waals surface area contributed by atoms with E-state index < -0.39 is 0 Å². The third-order valence-electron chi connectivity index (χ3n) is 1.94. The number of halogens is 1. The summed E-state index contributed by atoms with van der Waals surface area (Å²) in [7, 11) is 1.53. The molecule has 0 N–H and O–H groups in total. The standard InChI is InChI=1S/C12H13ClO3/c1-15-11-6-4-5-10(9-14)12(11)16-8-3-2-7-13/h2-6,9H,7-8H2,1H3. The summed E-state index contributed by atoms with van der Waals surface area (Å²) >= 11 is 5.48. The van der Waals surface area contributed by atoms with Crippen molar-refractivity contribution in [2.24, 2.45) is 0 Å². The minimum atomic E-state index is 0.355. The van der Waals surface area contributed by atoms with Crippen molar-refractivity contribution < 1.29 is 14.3 Å². The summed E-state index contributed by atoms with van der Waals surface area (Å²) < 4.78 is 10.6. The van der Waals surface area contributed by atoms with E-state index in [1.54, 1.807) is 30.4 Å². The third-order valence-corrected chi connectivity index (χ3v) is 2.11. The van der Waals surface area contributed by atoms with Gasteiger partial charge in [-0.2, -0.15) is 0 Å². The second-order valence-electron chi connectivity index (χ2n) is 2.93. The van der Waals surface area contributed by atoms with Crippen LogP contribution in [-0.4, -0.2) is 25.9 Å². The Balaban J connectivity index is 2.82. The summed E-state index contributed by atoms with van der Waals surface area (Å²) in [5.41, 5.74) is 0.471. The van der Waals surface area contributed by atoms with Crippen LogP contribution in [0, 0.1) is 0 Å². The number of ether oxygens (including phenoxy) is 2. The summed E-state index contributed by atoms with van der Waals surface area (Å²) in [5, 5.41) is 0. The van der Waals surface area contributed by atoms with E-state index in [9.17, 15) is 4.79 Å². The lowest BCUT2D eigenvalue weighted by Crippen LogP contribution is -2.00. The lowest BCUT2D eigenvalue weighted by Gasteiger charge is -2.10. The highest BCUT2D eigenvalue weighted by Crippen LogP contribution is 2.29. The fourth-order valence-corrected chi connectivity index (χ4v) is 1.33.